The maximum atomic E-state index is 12.9. The lowest BCUT2D eigenvalue weighted by molar-refractivity contribution is -0.137. The van der Waals surface area contributed by atoms with Crippen LogP contribution in [-0.2, 0) is 28.7 Å². The van der Waals surface area contributed by atoms with Gasteiger partial charge < -0.3 is 15.2 Å². The molecule has 9 heteroatoms. The molecule has 0 saturated heterocycles. The van der Waals surface area contributed by atoms with Gasteiger partial charge in [-0.25, -0.2) is 4.98 Å². The summed E-state index contributed by atoms with van der Waals surface area (Å²) in [7, 11) is 0. The summed E-state index contributed by atoms with van der Waals surface area (Å²) in [6, 6.07) is 11.8. The number of carbonyl (C=O) groups is 2. The summed E-state index contributed by atoms with van der Waals surface area (Å²) in [5.74, 6) is 0.296. The highest BCUT2D eigenvalue weighted by atomic mass is 19.4. The molecule has 0 unspecified atom stereocenters. The molecule has 0 spiro atoms. The first-order chi connectivity index (χ1) is 14.8. The van der Waals surface area contributed by atoms with Crippen LogP contribution in [0.4, 0.5) is 18.9 Å². The Balaban J connectivity index is 1.48. The van der Waals surface area contributed by atoms with Crippen LogP contribution in [0.15, 0.2) is 48.5 Å². The van der Waals surface area contributed by atoms with Crippen LogP contribution in [0.3, 0.4) is 0 Å². The minimum absolute atomic E-state index is 0.0324. The van der Waals surface area contributed by atoms with E-state index in [4.69, 9.17) is 0 Å². The molecule has 6 nitrogen and oxygen atoms in total. The fraction of sp³-hybridized carbons (Fsp3) is 0.318. The average Bonchev–Trinajstić information content (AvgIpc) is 3.52. The fourth-order valence-corrected chi connectivity index (χ4v) is 3.40. The molecule has 162 valence electrons. The maximum Gasteiger partial charge on any atom is 0.416 e. The number of anilines is 1. The van der Waals surface area contributed by atoms with Gasteiger partial charge in [-0.2, -0.15) is 13.2 Å². The number of rotatable bonds is 7. The Morgan fingerprint density at radius 2 is 1.87 bits per heavy atom. The molecule has 1 aliphatic carbocycles. The number of nitrogens with zero attached hydrogens (tertiary/aromatic N) is 2. The normalized spacial score (nSPS) is 13.9. The van der Waals surface area contributed by atoms with Gasteiger partial charge >= 0.3 is 6.18 Å². The summed E-state index contributed by atoms with van der Waals surface area (Å²) in [6.07, 6.45) is -2.22. The second-order valence-electron chi connectivity index (χ2n) is 7.54. The van der Waals surface area contributed by atoms with Crippen molar-refractivity contribution in [2.24, 2.45) is 5.92 Å². The zero-order valence-electron chi connectivity index (χ0n) is 16.6. The van der Waals surface area contributed by atoms with Crippen LogP contribution in [0, 0.1) is 5.92 Å². The lowest BCUT2D eigenvalue weighted by Gasteiger charge is -2.12. The molecule has 0 radical (unpaired) electrons. The molecule has 1 aromatic heterocycles. The maximum absolute atomic E-state index is 12.9. The number of halogens is 3. The zero-order chi connectivity index (χ0) is 22.0. The number of fused-ring (bicyclic) bond motifs is 1. The first-order valence-corrected chi connectivity index (χ1v) is 10.0. The Kier molecular flexibility index (Phi) is 5.67. The van der Waals surface area contributed by atoms with Gasteiger partial charge in [0.25, 0.3) is 0 Å². The van der Waals surface area contributed by atoms with E-state index in [1.165, 1.54) is 12.1 Å². The number of benzene rings is 2. The van der Waals surface area contributed by atoms with Gasteiger partial charge in [0.2, 0.25) is 11.8 Å². The van der Waals surface area contributed by atoms with Crippen molar-refractivity contribution in [2.45, 2.75) is 32.0 Å². The Morgan fingerprint density at radius 1 is 1.10 bits per heavy atom. The Labute approximate surface area is 176 Å². The third-order valence-corrected chi connectivity index (χ3v) is 5.10. The predicted molar refractivity (Wildman–Crippen MR) is 109 cm³/mol. The molecule has 0 bridgehead atoms. The van der Waals surface area contributed by atoms with Crippen LogP contribution in [0.25, 0.3) is 11.0 Å². The third-order valence-electron chi connectivity index (χ3n) is 5.10. The van der Waals surface area contributed by atoms with Crippen LogP contribution in [0.5, 0.6) is 0 Å². The van der Waals surface area contributed by atoms with Gasteiger partial charge in [0.05, 0.1) is 16.6 Å². The second kappa shape index (κ2) is 8.41. The van der Waals surface area contributed by atoms with E-state index in [1.807, 2.05) is 24.3 Å². The monoisotopic (exact) mass is 430 g/mol. The number of amides is 2. The van der Waals surface area contributed by atoms with Crippen molar-refractivity contribution in [3.05, 3.63) is 59.9 Å². The van der Waals surface area contributed by atoms with Crippen molar-refractivity contribution < 1.29 is 22.8 Å². The summed E-state index contributed by atoms with van der Waals surface area (Å²) in [5, 5.41) is 5.40. The molecule has 3 aromatic rings. The average molecular weight is 430 g/mol. The highest BCUT2D eigenvalue weighted by Crippen LogP contribution is 2.31. The van der Waals surface area contributed by atoms with Crippen molar-refractivity contribution in [1.82, 2.24) is 14.9 Å². The number of para-hydroxylation sites is 2. The summed E-state index contributed by atoms with van der Waals surface area (Å²) < 4.78 is 40.5. The molecule has 0 atom stereocenters. The molecule has 1 aliphatic rings. The number of hydrogen-bond acceptors (Lipinski definition) is 3. The van der Waals surface area contributed by atoms with Gasteiger partial charge in [0.15, 0.2) is 0 Å². The summed E-state index contributed by atoms with van der Waals surface area (Å²) in [5.41, 5.74) is 0.691. The first kappa shape index (κ1) is 20.9. The lowest BCUT2D eigenvalue weighted by atomic mass is 10.2. The molecule has 0 aliphatic heterocycles. The minimum Gasteiger partial charge on any atom is -0.355 e. The van der Waals surface area contributed by atoms with Gasteiger partial charge in [0, 0.05) is 24.6 Å². The lowest BCUT2D eigenvalue weighted by Crippen LogP contribution is -2.28. The number of hydrogen-bond donors (Lipinski definition) is 2. The number of nitrogens with one attached hydrogen (secondary N) is 2. The van der Waals surface area contributed by atoms with Crippen molar-refractivity contribution in [3.8, 4) is 0 Å². The van der Waals surface area contributed by atoms with Crippen molar-refractivity contribution in [2.75, 3.05) is 11.9 Å². The third kappa shape index (κ3) is 5.04. The van der Waals surface area contributed by atoms with Crippen LogP contribution in [0.2, 0.25) is 0 Å². The Hall–Kier alpha value is -3.36. The first-order valence-electron chi connectivity index (χ1n) is 10.0. The Bertz CT molecular complexity index is 1120. The topological polar surface area (TPSA) is 76.0 Å². The quantitative estimate of drug-likeness (QED) is 0.599. The van der Waals surface area contributed by atoms with Gasteiger partial charge in [0.1, 0.15) is 12.4 Å². The van der Waals surface area contributed by atoms with Gasteiger partial charge in [-0.3, -0.25) is 9.59 Å². The van der Waals surface area contributed by atoms with Crippen molar-refractivity contribution >= 4 is 28.5 Å². The van der Waals surface area contributed by atoms with E-state index in [1.54, 1.807) is 4.57 Å². The number of carbonyl (C=O) groups excluding carboxylic acids is 2. The Morgan fingerprint density at radius 3 is 2.61 bits per heavy atom. The number of alkyl halides is 3. The predicted octanol–water partition coefficient (Wildman–Crippen LogP) is 3.76. The second-order valence-corrected chi connectivity index (χ2v) is 7.54. The van der Waals surface area contributed by atoms with Gasteiger partial charge in [-0.15, -0.1) is 0 Å². The summed E-state index contributed by atoms with van der Waals surface area (Å²) >= 11 is 0. The molecule has 2 N–H and O–H groups in total. The molecular weight excluding hydrogens is 409 g/mol. The van der Waals surface area contributed by atoms with E-state index in [2.05, 4.69) is 15.6 Å². The van der Waals surface area contributed by atoms with Crippen molar-refractivity contribution in [1.29, 1.82) is 0 Å². The van der Waals surface area contributed by atoms with Gasteiger partial charge in [-0.1, -0.05) is 18.2 Å². The fourth-order valence-electron chi connectivity index (χ4n) is 3.40. The van der Waals surface area contributed by atoms with Crippen LogP contribution in [0.1, 0.15) is 24.2 Å². The van der Waals surface area contributed by atoms with E-state index >= 15 is 0 Å². The van der Waals surface area contributed by atoms with Crippen LogP contribution in [-0.4, -0.2) is 27.9 Å². The SMILES string of the molecule is O=C(Cn1c(CCNC(=O)C2CC2)nc2ccccc21)Nc1cccc(C(F)(F)F)c1. The van der Waals surface area contributed by atoms with Crippen molar-refractivity contribution in [3.63, 3.8) is 0 Å². The molecule has 4 rings (SSSR count). The van der Waals surface area contributed by atoms with E-state index in [-0.39, 0.29) is 24.1 Å². The van der Waals surface area contributed by atoms with E-state index < -0.39 is 17.6 Å². The molecule has 1 saturated carbocycles. The van der Waals surface area contributed by atoms with E-state index in [9.17, 15) is 22.8 Å². The zero-order valence-corrected chi connectivity index (χ0v) is 16.6. The molecule has 1 fully saturated rings. The summed E-state index contributed by atoms with van der Waals surface area (Å²) in [4.78, 5) is 29.0. The van der Waals surface area contributed by atoms with Crippen LogP contribution < -0.4 is 10.6 Å². The molecule has 31 heavy (non-hydrogen) atoms. The number of imidazole rings is 1. The smallest absolute Gasteiger partial charge is 0.355 e. The number of aromatic nitrogens is 2. The largest absolute Gasteiger partial charge is 0.416 e. The highest BCUT2D eigenvalue weighted by Gasteiger charge is 2.31. The van der Waals surface area contributed by atoms with Crippen LogP contribution >= 0.6 is 0 Å². The molecule has 2 aromatic carbocycles. The van der Waals surface area contributed by atoms with Gasteiger partial charge in [-0.05, 0) is 43.2 Å². The minimum atomic E-state index is -4.49. The molecular formula is C22H21F3N4O2. The standard InChI is InChI=1S/C22H21F3N4O2/c23-22(24,25)15-4-3-5-16(12-15)27-20(30)13-29-18-7-2-1-6-17(18)28-19(29)10-11-26-21(31)14-8-9-14/h1-7,12,14H,8-11,13H2,(H,26,31)(H,27,30). The van der Waals surface area contributed by atoms with E-state index in [0.29, 0.717) is 24.3 Å². The molecule has 1 heterocycles. The highest BCUT2D eigenvalue weighted by molar-refractivity contribution is 5.91. The molecule has 2 amide bonds. The summed E-state index contributed by atoms with van der Waals surface area (Å²) in [6.45, 7) is 0.288. The van der Waals surface area contributed by atoms with E-state index in [0.717, 1.165) is 30.5 Å².